The van der Waals surface area contributed by atoms with Crippen molar-refractivity contribution >= 4 is 45.1 Å². The molecule has 1 atom stereocenters. The Morgan fingerprint density at radius 1 is 0.980 bits per heavy atom. The molecule has 1 aliphatic rings. The SMILES string of the molecule is CCOC(=O)C1=C(C(F)(F)F)N=c2s/c(=C\c3cn(Cc4ccccc4F)c4ccccc34)c(=O)n2[C@@H]1c1c(OC)ccc2ccccc12. The smallest absolute Gasteiger partial charge is 0.434 e. The van der Waals surface area contributed by atoms with E-state index in [1.807, 2.05) is 28.8 Å². The lowest BCUT2D eigenvalue weighted by atomic mass is 9.90. The molecule has 0 saturated carbocycles. The predicted molar refractivity (Wildman–Crippen MR) is 179 cm³/mol. The molecule has 4 aromatic carbocycles. The van der Waals surface area contributed by atoms with Crippen LogP contribution >= 0.6 is 11.3 Å². The molecule has 0 aliphatic carbocycles. The van der Waals surface area contributed by atoms with Crippen molar-refractivity contribution in [3.05, 3.63) is 145 Å². The first-order valence-electron chi connectivity index (χ1n) is 15.3. The number of thiazole rings is 1. The molecule has 3 heterocycles. The summed E-state index contributed by atoms with van der Waals surface area (Å²) < 4.78 is 72.8. The number of halogens is 4. The van der Waals surface area contributed by atoms with E-state index in [0.717, 1.165) is 26.8 Å². The Kier molecular flexibility index (Phi) is 8.19. The van der Waals surface area contributed by atoms with Crippen LogP contribution in [0.25, 0.3) is 27.8 Å². The van der Waals surface area contributed by atoms with Crippen LogP contribution in [0.1, 0.15) is 29.7 Å². The number of carbonyl (C=O) groups is 1. The fourth-order valence-electron chi connectivity index (χ4n) is 6.32. The van der Waals surface area contributed by atoms with E-state index in [1.54, 1.807) is 66.9 Å². The van der Waals surface area contributed by atoms with Crippen molar-refractivity contribution in [1.29, 1.82) is 0 Å². The number of benzene rings is 4. The van der Waals surface area contributed by atoms with Gasteiger partial charge in [0.05, 0.1) is 30.4 Å². The summed E-state index contributed by atoms with van der Waals surface area (Å²) in [6.07, 6.45) is -1.71. The molecule has 0 spiro atoms. The first-order valence-corrected chi connectivity index (χ1v) is 16.1. The molecule has 0 saturated heterocycles. The van der Waals surface area contributed by atoms with Gasteiger partial charge in [-0.1, -0.05) is 78.1 Å². The second-order valence-corrected chi connectivity index (χ2v) is 12.3. The number of hydrogen-bond donors (Lipinski definition) is 0. The fourth-order valence-corrected chi connectivity index (χ4v) is 7.31. The highest BCUT2D eigenvalue weighted by Crippen LogP contribution is 2.43. The maximum Gasteiger partial charge on any atom is 0.434 e. The van der Waals surface area contributed by atoms with Crippen molar-refractivity contribution < 1.29 is 31.8 Å². The Hall–Kier alpha value is -5.49. The number of hydrogen-bond acceptors (Lipinski definition) is 6. The summed E-state index contributed by atoms with van der Waals surface area (Å²) in [5.74, 6) is -1.43. The zero-order valence-corrected chi connectivity index (χ0v) is 26.9. The second kappa shape index (κ2) is 12.5. The van der Waals surface area contributed by atoms with Gasteiger partial charge in [0, 0.05) is 33.8 Å². The molecule has 12 heteroatoms. The summed E-state index contributed by atoms with van der Waals surface area (Å²) in [5, 5.41) is 1.90. The summed E-state index contributed by atoms with van der Waals surface area (Å²) in [6.45, 7) is 1.49. The summed E-state index contributed by atoms with van der Waals surface area (Å²) in [5.41, 5.74) is -0.898. The van der Waals surface area contributed by atoms with Crippen molar-refractivity contribution in [1.82, 2.24) is 9.13 Å². The molecular formula is C37H27F4N3O4S. The lowest BCUT2D eigenvalue weighted by molar-refractivity contribution is -0.140. The number of allylic oxidation sites excluding steroid dienone is 1. The van der Waals surface area contributed by atoms with Crippen molar-refractivity contribution in [2.24, 2.45) is 4.99 Å². The van der Waals surface area contributed by atoms with E-state index in [2.05, 4.69) is 4.99 Å². The molecule has 7 rings (SSSR count). The van der Waals surface area contributed by atoms with Crippen LogP contribution in [0.2, 0.25) is 0 Å². The maximum absolute atomic E-state index is 14.8. The monoisotopic (exact) mass is 685 g/mol. The molecule has 7 nitrogen and oxygen atoms in total. The molecule has 0 fully saturated rings. The molecular weight excluding hydrogens is 658 g/mol. The van der Waals surface area contributed by atoms with Gasteiger partial charge in [-0.05, 0) is 42.0 Å². The normalized spacial score (nSPS) is 15.1. The van der Waals surface area contributed by atoms with E-state index >= 15 is 0 Å². The van der Waals surface area contributed by atoms with Crippen LogP contribution in [0.4, 0.5) is 17.6 Å². The predicted octanol–water partition coefficient (Wildman–Crippen LogP) is 6.64. The van der Waals surface area contributed by atoms with Gasteiger partial charge in [-0.2, -0.15) is 13.2 Å². The third-order valence-corrected chi connectivity index (χ3v) is 9.41. The third kappa shape index (κ3) is 5.61. The molecule has 49 heavy (non-hydrogen) atoms. The largest absolute Gasteiger partial charge is 0.496 e. The van der Waals surface area contributed by atoms with Gasteiger partial charge < -0.3 is 14.0 Å². The van der Waals surface area contributed by atoms with Crippen LogP contribution in [0, 0.1) is 5.82 Å². The summed E-state index contributed by atoms with van der Waals surface area (Å²) in [7, 11) is 1.37. The van der Waals surface area contributed by atoms with Crippen LogP contribution < -0.4 is 19.6 Å². The first kappa shape index (κ1) is 32.1. The van der Waals surface area contributed by atoms with Crippen molar-refractivity contribution in [2.45, 2.75) is 25.7 Å². The maximum atomic E-state index is 14.8. The van der Waals surface area contributed by atoms with Crippen LogP contribution in [0.5, 0.6) is 5.75 Å². The van der Waals surface area contributed by atoms with Crippen LogP contribution in [-0.2, 0) is 16.1 Å². The van der Waals surface area contributed by atoms with Crippen LogP contribution in [0.15, 0.2) is 112 Å². The molecule has 6 aromatic rings. The van der Waals surface area contributed by atoms with E-state index < -0.39 is 35.0 Å². The van der Waals surface area contributed by atoms with Gasteiger partial charge in [0.25, 0.3) is 5.56 Å². The quantitative estimate of drug-likeness (QED) is 0.140. The zero-order chi connectivity index (χ0) is 34.4. The van der Waals surface area contributed by atoms with Gasteiger partial charge in [-0.15, -0.1) is 0 Å². The molecule has 248 valence electrons. The summed E-state index contributed by atoms with van der Waals surface area (Å²) in [6, 6.07) is 22.5. The molecule has 1 aliphatic heterocycles. The Bertz CT molecular complexity index is 2490. The van der Waals surface area contributed by atoms with Crippen molar-refractivity contribution in [3.8, 4) is 5.75 Å². The van der Waals surface area contributed by atoms with E-state index in [0.29, 0.717) is 21.9 Å². The highest BCUT2D eigenvalue weighted by atomic mass is 32.1. The van der Waals surface area contributed by atoms with Gasteiger partial charge in [0.15, 0.2) is 10.5 Å². The number of esters is 1. The number of aromatic nitrogens is 2. The number of para-hydroxylation sites is 1. The Balaban J connectivity index is 1.51. The molecule has 0 N–H and O–H groups in total. The fraction of sp³-hybridized carbons (Fsp3) is 0.162. The van der Waals surface area contributed by atoms with Gasteiger partial charge >= 0.3 is 12.1 Å². The number of alkyl halides is 3. The minimum Gasteiger partial charge on any atom is -0.496 e. The van der Waals surface area contributed by atoms with E-state index in [1.165, 1.54) is 20.1 Å². The van der Waals surface area contributed by atoms with Crippen molar-refractivity contribution in [2.75, 3.05) is 13.7 Å². The number of ether oxygens (including phenoxy) is 2. The molecule has 0 unspecified atom stereocenters. The molecule has 0 radical (unpaired) electrons. The average molecular weight is 686 g/mol. The highest BCUT2D eigenvalue weighted by molar-refractivity contribution is 7.07. The summed E-state index contributed by atoms with van der Waals surface area (Å²) in [4.78, 5) is 31.6. The average Bonchev–Trinajstić information content (AvgIpc) is 3.60. The highest BCUT2D eigenvalue weighted by Gasteiger charge is 2.46. The standard InChI is InChI=1S/C37H27F4N3O4S/c1-3-48-35(46)31-32(30-25-13-6-4-10-21(25)16-17-28(30)47-2)44-34(45)29(49-36(44)42-33(31)37(39,40)41)18-23-20-43(27-15-9-7-12-24(23)27)19-22-11-5-8-14-26(22)38/h4-18,20,32H,3,19H2,1-2H3/b29-18-/t32-/m1/s1. The number of fused-ring (bicyclic) bond motifs is 3. The number of methoxy groups -OCH3 is 1. The molecule has 0 amide bonds. The van der Waals surface area contributed by atoms with E-state index in [9.17, 15) is 27.2 Å². The lowest BCUT2D eigenvalue weighted by Crippen LogP contribution is -2.41. The topological polar surface area (TPSA) is 74.8 Å². The zero-order valence-electron chi connectivity index (χ0n) is 26.1. The van der Waals surface area contributed by atoms with Crippen molar-refractivity contribution in [3.63, 3.8) is 0 Å². The van der Waals surface area contributed by atoms with Crippen LogP contribution in [-0.4, -0.2) is 35.0 Å². The van der Waals surface area contributed by atoms with Gasteiger partial charge in [0.1, 0.15) is 17.6 Å². The van der Waals surface area contributed by atoms with Gasteiger partial charge in [0.2, 0.25) is 0 Å². The lowest BCUT2D eigenvalue weighted by Gasteiger charge is -2.28. The summed E-state index contributed by atoms with van der Waals surface area (Å²) >= 11 is 0.777. The van der Waals surface area contributed by atoms with Gasteiger partial charge in [-0.3, -0.25) is 9.36 Å². The second-order valence-electron chi connectivity index (χ2n) is 11.3. The Labute approximate surface area is 280 Å². The third-order valence-electron chi connectivity index (χ3n) is 8.42. The number of rotatable bonds is 7. The Morgan fingerprint density at radius 3 is 2.43 bits per heavy atom. The Morgan fingerprint density at radius 2 is 1.69 bits per heavy atom. The van der Waals surface area contributed by atoms with E-state index in [4.69, 9.17) is 9.47 Å². The number of nitrogens with zero attached hydrogens (tertiary/aromatic N) is 3. The van der Waals surface area contributed by atoms with Gasteiger partial charge in [-0.25, -0.2) is 14.2 Å². The van der Waals surface area contributed by atoms with Crippen LogP contribution in [0.3, 0.4) is 0 Å². The minimum atomic E-state index is -5.06. The first-order chi connectivity index (χ1) is 23.6. The number of carbonyl (C=O) groups excluding carboxylic acids is 1. The van der Waals surface area contributed by atoms with E-state index in [-0.39, 0.29) is 39.6 Å². The molecule has 0 bridgehead atoms. The minimum absolute atomic E-state index is 0.0865. The molecule has 2 aromatic heterocycles.